The fraction of sp³-hybridized carbons (Fsp3) is 0.500. The average Bonchev–Trinajstić information content (AvgIpc) is 3.06. The molecular formula is C22H31N3OS. The zero-order valence-corrected chi connectivity index (χ0v) is 17.4. The van der Waals surface area contributed by atoms with Crippen LogP contribution in [0.5, 0.6) is 0 Å². The van der Waals surface area contributed by atoms with Gasteiger partial charge in [-0.3, -0.25) is 9.69 Å². The molecule has 0 saturated carbocycles. The summed E-state index contributed by atoms with van der Waals surface area (Å²) in [5, 5.41) is 3.05. The van der Waals surface area contributed by atoms with Gasteiger partial charge in [-0.25, -0.2) is 0 Å². The van der Waals surface area contributed by atoms with E-state index in [4.69, 9.17) is 0 Å². The molecule has 1 fully saturated rings. The van der Waals surface area contributed by atoms with E-state index in [9.17, 15) is 4.79 Å². The van der Waals surface area contributed by atoms with Gasteiger partial charge in [-0.05, 0) is 63.1 Å². The number of thiophene rings is 1. The van der Waals surface area contributed by atoms with Crippen molar-refractivity contribution in [2.75, 3.05) is 44.2 Å². The Morgan fingerprint density at radius 1 is 1.07 bits per heavy atom. The quantitative estimate of drug-likeness (QED) is 0.705. The standard InChI is InChI=1S/C22H31N3OS/c1-18-6-5-7-20(16-18)25-14-12-24(13-15-25)11-4-3-10-23-22(26)17-21-9-8-19(2)27-21/h5-9,16H,3-4,10-15,17H2,1-2H3,(H,23,26). The van der Waals surface area contributed by atoms with Crippen LogP contribution in [0.25, 0.3) is 0 Å². The maximum Gasteiger partial charge on any atom is 0.225 e. The van der Waals surface area contributed by atoms with Crippen LogP contribution in [0.1, 0.15) is 28.2 Å². The molecule has 1 N–H and O–H groups in total. The van der Waals surface area contributed by atoms with Crippen LogP contribution >= 0.6 is 11.3 Å². The second kappa shape index (κ2) is 9.90. The molecule has 3 rings (SSSR count). The van der Waals surface area contributed by atoms with E-state index in [2.05, 4.69) is 65.4 Å². The number of unbranched alkanes of at least 4 members (excludes halogenated alkanes) is 1. The molecule has 0 bridgehead atoms. The number of nitrogens with one attached hydrogen (secondary N) is 1. The number of rotatable bonds is 8. The maximum atomic E-state index is 12.0. The zero-order chi connectivity index (χ0) is 19.1. The van der Waals surface area contributed by atoms with Crippen LogP contribution in [0, 0.1) is 13.8 Å². The summed E-state index contributed by atoms with van der Waals surface area (Å²) >= 11 is 1.71. The number of hydrogen-bond donors (Lipinski definition) is 1. The second-order valence-electron chi connectivity index (χ2n) is 7.41. The SMILES string of the molecule is Cc1cccc(N2CCN(CCCCNC(=O)Cc3ccc(C)s3)CC2)c1. The number of aryl methyl sites for hydroxylation is 2. The number of hydrogen-bond acceptors (Lipinski definition) is 4. The summed E-state index contributed by atoms with van der Waals surface area (Å²) in [4.78, 5) is 19.4. The molecule has 0 spiro atoms. The predicted octanol–water partition coefficient (Wildman–Crippen LogP) is 3.63. The molecule has 1 aliphatic heterocycles. The van der Waals surface area contributed by atoms with Gasteiger partial charge in [0.25, 0.3) is 0 Å². The molecule has 1 aromatic heterocycles. The first-order valence-electron chi connectivity index (χ1n) is 9.96. The van der Waals surface area contributed by atoms with Crippen molar-refractivity contribution in [1.29, 1.82) is 0 Å². The van der Waals surface area contributed by atoms with Crippen molar-refractivity contribution >= 4 is 22.9 Å². The van der Waals surface area contributed by atoms with Crippen LogP contribution in [-0.4, -0.2) is 50.1 Å². The van der Waals surface area contributed by atoms with E-state index in [1.54, 1.807) is 11.3 Å². The van der Waals surface area contributed by atoms with Crippen molar-refractivity contribution in [2.24, 2.45) is 0 Å². The highest BCUT2D eigenvalue weighted by molar-refractivity contribution is 7.12. The Balaban J connectivity index is 1.27. The molecule has 0 atom stereocenters. The molecule has 5 heteroatoms. The molecule has 1 amide bonds. The number of amides is 1. The first kappa shape index (κ1) is 19.9. The number of benzene rings is 1. The van der Waals surface area contributed by atoms with Gasteiger partial charge in [-0.15, -0.1) is 11.3 Å². The van der Waals surface area contributed by atoms with Crippen molar-refractivity contribution in [1.82, 2.24) is 10.2 Å². The fourth-order valence-corrected chi connectivity index (χ4v) is 4.43. The van der Waals surface area contributed by atoms with Gasteiger partial charge in [0.05, 0.1) is 6.42 Å². The summed E-state index contributed by atoms with van der Waals surface area (Å²) in [5.74, 6) is 0.142. The van der Waals surface area contributed by atoms with Gasteiger partial charge in [-0.2, -0.15) is 0 Å². The molecule has 0 unspecified atom stereocenters. The van der Waals surface area contributed by atoms with Crippen molar-refractivity contribution in [3.8, 4) is 0 Å². The van der Waals surface area contributed by atoms with E-state index in [0.29, 0.717) is 6.42 Å². The highest BCUT2D eigenvalue weighted by Gasteiger charge is 2.16. The Labute approximate surface area is 167 Å². The Bertz CT molecular complexity index is 735. The summed E-state index contributed by atoms with van der Waals surface area (Å²) in [6.07, 6.45) is 2.70. The van der Waals surface area contributed by atoms with Crippen molar-refractivity contribution in [2.45, 2.75) is 33.1 Å². The number of carbonyl (C=O) groups is 1. The summed E-state index contributed by atoms with van der Waals surface area (Å²) < 4.78 is 0. The highest BCUT2D eigenvalue weighted by Crippen LogP contribution is 2.18. The van der Waals surface area contributed by atoms with E-state index in [-0.39, 0.29) is 5.91 Å². The average molecular weight is 386 g/mol. The highest BCUT2D eigenvalue weighted by atomic mass is 32.1. The van der Waals surface area contributed by atoms with E-state index in [1.807, 2.05) is 0 Å². The van der Waals surface area contributed by atoms with Crippen LogP contribution in [0.15, 0.2) is 36.4 Å². The van der Waals surface area contributed by atoms with Crippen LogP contribution in [0.3, 0.4) is 0 Å². The Morgan fingerprint density at radius 2 is 1.89 bits per heavy atom. The lowest BCUT2D eigenvalue weighted by molar-refractivity contribution is -0.120. The van der Waals surface area contributed by atoms with E-state index in [1.165, 1.54) is 16.1 Å². The maximum absolute atomic E-state index is 12.0. The lowest BCUT2D eigenvalue weighted by Crippen LogP contribution is -2.46. The fourth-order valence-electron chi connectivity index (χ4n) is 3.54. The predicted molar refractivity (Wildman–Crippen MR) is 115 cm³/mol. The van der Waals surface area contributed by atoms with Crippen LogP contribution in [-0.2, 0) is 11.2 Å². The topological polar surface area (TPSA) is 35.6 Å². The molecule has 27 heavy (non-hydrogen) atoms. The van der Waals surface area contributed by atoms with Gasteiger partial charge in [0.2, 0.25) is 5.91 Å². The molecular weight excluding hydrogens is 354 g/mol. The smallest absolute Gasteiger partial charge is 0.225 e. The van der Waals surface area contributed by atoms with E-state index < -0.39 is 0 Å². The van der Waals surface area contributed by atoms with Gasteiger partial charge in [-0.1, -0.05) is 12.1 Å². The number of anilines is 1. The molecule has 0 aliphatic carbocycles. The third-order valence-electron chi connectivity index (χ3n) is 5.09. The lowest BCUT2D eigenvalue weighted by atomic mass is 10.2. The zero-order valence-electron chi connectivity index (χ0n) is 16.5. The van der Waals surface area contributed by atoms with Crippen LogP contribution < -0.4 is 10.2 Å². The van der Waals surface area contributed by atoms with Gasteiger partial charge in [0.1, 0.15) is 0 Å². The Hall–Kier alpha value is -1.85. The Kier molecular flexibility index (Phi) is 7.30. The minimum Gasteiger partial charge on any atom is -0.369 e. The monoisotopic (exact) mass is 385 g/mol. The summed E-state index contributed by atoms with van der Waals surface area (Å²) in [6, 6.07) is 12.9. The molecule has 4 nitrogen and oxygen atoms in total. The van der Waals surface area contributed by atoms with Crippen molar-refractivity contribution in [3.05, 3.63) is 51.7 Å². The van der Waals surface area contributed by atoms with Crippen molar-refractivity contribution < 1.29 is 4.79 Å². The summed E-state index contributed by atoms with van der Waals surface area (Å²) in [7, 11) is 0. The molecule has 0 radical (unpaired) electrons. The van der Waals surface area contributed by atoms with Gasteiger partial charge < -0.3 is 10.2 Å². The number of nitrogens with zero attached hydrogens (tertiary/aromatic N) is 2. The van der Waals surface area contributed by atoms with Crippen LogP contribution in [0.4, 0.5) is 5.69 Å². The molecule has 146 valence electrons. The third kappa shape index (κ3) is 6.36. The van der Waals surface area contributed by atoms with Crippen LogP contribution in [0.2, 0.25) is 0 Å². The Morgan fingerprint density at radius 3 is 2.59 bits per heavy atom. The van der Waals surface area contributed by atoms with Gasteiger partial charge >= 0.3 is 0 Å². The third-order valence-corrected chi connectivity index (χ3v) is 6.09. The molecule has 1 aromatic carbocycles. The number of carbonyl (C=O) groups excluding carboxylic acids is 1. The number of piperazine rings is 1. The van der Waals surface area contributed by atoms with E-state index in [0.717, 1.165) is 57.0 Å². The first-order chi connectivity index (χ1) is 13.1. The van der Waals surface area contributed by atoms with Crippen molar-refractivity contribution in [3.63, 3.8) is 0 Å². The second-order valence-corrected chi connectivity index (χ2v) is 8.79. The lowest BCUT2D eigenvalue weighted by Gasteiger charge is -2.36. The largest absolute Gasteiger partial charge is 0.369 e. The molecule has 2 heterocycles. The normalized spacial score (nSPS) is 15.1. The summed E-state index contributed by atoms with van der Waals surface area (Å²) in [6.45, 7) is 10.6. The van der Waals surface area contributed by atoms with Gasteiger partial charge in [0, 0.05) is 48.2 Å². The minimum atomic E-state index is 0.142. The molecule has 1 saturated heterocycles. The molecule has 2 aromatic rings. The first-order valence-corrected chi connectivity index (χ1v) is 10.8. The van der Waals surface area contributed by atoms with Gasteiger partial charge in [0.15, 0.2) is 0 Å². The molecule has 1 aliphatic rings. The minimum absolute atomic E-state index is 0.142. The summed E-state index contributed by atoms with van der Waals surface area (Å²) in [5.41, 5.74) is 2.67. The van der Waals surface area contributed by atoms with E-state index >= 15 is 0 Å².